The molecule has 0 saturated heterocycles. The van der Waals surface area contributed by atoms with Crippen molar-refractivity contribution in [1.82, 2.24) is 0 Å². The van der Waals surface area contributed by atoms with Gasteiger partial charge in [0.1, 0.15) is 13.2 Å². The largest absolute Gasteiger partial charge is 0.462 e. The Bertz CT molecular complexity index is 1270. The molecule has 0 aromatic heterocycles. The van der Waals surface area contributed by atoms with Gasteiger partial charge in [-0.25, -0.2) is 0 Å². The summed E-state index contributed by atoms with van der Waals surface area (Å²) in [5, 5.41) is 0. The number of rotatable bonds is 52. The Kier molecular flexibility index (Phi) is 53.8. The van der Waals surface area contributed by atoms with Crippen LogP contribution in [-0.2, 0) is 28.6 Å². The monoisotopic (exact) mass is 949 g/mol. The first-order valence-corrected chi connectivity index (χ1v) is 28.9. The lowest BCUT2D eigenvalue weighted by molar-refractivity contribution is -0.166. The molecule has 6 heteroatoms. The molecule has 0 fully saturated rings. The molecule has 0 bridgehead atoms. The van der Waals surface area contributed by atoms with Crippen molar-refractivity contribution < 1.29 is 28.6 Å². The number of carbonyl (C=O) groups excluding carboxylic acids is 3. The van der Waals surface area contributed by atoms with Crippen LogP contribution in [0.3, 0.4) is 0 Å². The van der Waals surface area contributed by atoms with E-state index in [2.05, 4.69) is 87.6 Å². The third-order valence-electron chi connectivity index (χ3n) is 12.5. The van der Waals surface area contributed by atoms with E-state index in [0.717, 1.165) is 70.6 Å². The number of allylic oxidation sites excluding steroid dienone is 12. The zero-order valence-electron chi connectivity index (χ0n) is 44.9. The Labute approximate surface area is 421 Å². The Morgan fingerprint density at radius 3 is 0.956 bits per heavy atom. The molecule has 0 aliphatic carbocycles. The maximum atomic E-state index is 12.8. The van der Waals surface area contributed by atoms with Crippen molar-refractivity contribution in [2.75, 3.05) is 13.2 Å². The highest BCUT2D eigenvalue weighted by Gasteiger charge is 2.19. The topological polar surface area (TPSA) is 78.9 Å². The second kappa shape index (κ2) is 56.4. The minimum Gasteiger partial charge on any atom is -0.462 e. The maximum Gasteiger partial charge on any atom is 0.306 e. The van der Waals surface area contributed by atoms with Crippen molar-refractivity contribution in [3.05, 3.63) is 72.9 Å². The first-order valence-electron chi connectivity index (χ1n) is 28.9. The highest BCUT2D eigenvalue weighted by atomic mass is 16.6. The van der Waals surface area contributed by atoms with E-state index in [9.17, 15) is 14.4 Å². The molecular formula is C62H108O6. The standard InChI is InChI=1S/C62H108O6/c1-4-7-10-13-16-19-22-25-28-30-31-32-35-37-40-43-46-49-52-55-61(64)67-58-59(57-66-60(63)54-51-48-45-42-39-36-33-27-24-21-18-15-12-9-6-3)68-62(65)56-53-50-47-44-41-38-34-29-26-23-20-17-14-11-8-5-2/h8,11,17,20,26,29-31,38,41,47,50,59H,4-7,9-10,12-16,18-19,21-25,27-28,32-37,39-40,42-46,48-49,51-58H2,1-3H3/b11-8-,20-17-,29-26-,31-30-,41-38-,50-47-. The first kappa shape index (κ1) is 64.8. The van der Waals surface area contributed by atoms with E-state index < -0.39 is 6.10 Å². The fraction of sp³-hybridized carbons (Fsp3) is 0.758. The molecule has 0 radical (unpaired) electrons. The number of unbranched alkanes of at least 4 members (excludes halogenated alkanes) is 29. The van der Waals surface area contributed by atoms with Gasteiger partial charge >= 0.3 is 17.9 Å². The summed E-state index contributed by atoms with van der Waals surface area (Å²) in [4.78, 5) is 38.1. The third kappa shape index (κ3) is 53.8. The second-order valence-electron chi connectivity index (χ2n) is 19.2. The Balaban J connectivity index is 4.45. The van der Waals surface area contributed by atoms with Crippen LogP contribution in [0.4, 0.5) is 0 Å². The summed E-state index contributed by atoms with van der Waals surface area (Å²) in [6.07, 6.45) is 71.9. The third-order valence-corrected chi connectivity index (χ3v) is 12.5. The average Bonchev–Trinajstić information content (AvgIpc) is 3.34. The number of carbonyl (C=O) groups is 3. The quantitative estimate of drug-likeness (QED) is 0.0262. The molecule has 0 rings (SSSR count). The number of esters is 3. The van der Waals surface area contributed by atoms with Crippen LogP contribution in [0.2, 0.25) is 0 Å². The lowest BCUT2D eigenvalue weighted by atomic mass is 10.0. The Morgan fingerprint density at radius 1 is 0.309 bits per heavy atom. The fourth-order valence-electron chi connectivity index (χ4n) is 8.13. The van der Waals surface area contributed by atoms with Gasteiger partial charge in [0.2, 0.25) is 0 Å². The Hall–Kier alpha value is -3.15. The summed E-state index contributed by atoms with van der Waals surface area (Å²) < 4.78 is 16.8. The van der Waals surface area contributed by atoms with Crippen LogP contribution < -0.4 is 0 Å². The van der Waals surface area contributed by atoms with Gasteiger partial charge in [0.05, 0.1) is 0 Å². The molecule has 392 valence electrons. The lowest BCUT2D eigenvalue weighted by Gasteiger charge is -2.18. The summed E-state index contributed by atoms with van der Waals surface area (Å²) in [5.41, 5.74) is 0. The van der Waals surface area contributed by atoms with E-state index in [1.54, 1.807) is 0 Å². The van der Waals surface area contributed by atoms with E-state index in [-0.39, 0.29) is 37.5 Å². The van der Waals surface area contributed by atoms with E-state index in [4.69, 9.17) is 14.2 Å². The normalized spacial score (nSPS) is 12.6. The molecule has 6 nitrogen and oxygen atoms in total. The summed E-state index contributed by atoms with van der Waals surface area (Å²) in [5.74, 6) is -0.982. The zero-order valence-corrected chi connectivity index (χ0v) is 44.9. The van der Waals surface area contributed by atoms with Gasteiger partial charge in [-0.15, -0.1) is 0 Å². The summed E-state index contributed by atoms with van der Waals surface area (Å²) in [6.45, 7) is 6.49. The molecule has 68 heavy (non-hydrogen) atoms. The van der Waals surface area contributed by atoms with Crippen molar-refractivity contribution in [3.63, 3.8) is 0 Å². The van der Waals surface area contributed by atoms with Crippen LogP contribution in [0.15, 0.2) is 72.9 Å². The minimum atomic E-state index is -0.815. The average molecular weight is 950 g/mol. The van der Waals surface area contributed by atoms with Gasteiger partial charge in [-0.1, -0.05) is 261 Å². The van der Waals surface area contributed by atoms with Gasteiger partial charge in [-0.05, 0) is 77.0 Å². The predicted octanol–water partition coefficient (Wildman–Crippen LogP) is 19.4. The molecule has 0 heterocycles. The van der Waals surface area contributed by atoms with Crippen LogP contribution in [0.1, 0.15) is 284 Å². The maximum absolute atomic E-state index is 12.8. The van der Waals surface area contributed by atoms with Crippen molar-refractivity contribution >= 4 is 17.9 Å². The van der Waals surface area contributed by atoms with E-state index >= 15 is 0 Å². The minimum absolute atomic E-state index is 0.104. The molecule has 1 atom stereocenters. The SMILES string of the molecule is CC/C=C\C/C=C\C/C=C\C/C=C\C/C=C\CCC(=O)OC(COC(=O)CCCCCCCCC/C=C\CCCCCCCCCC)COC(=O)CCCCCCCCCCCCCCCCC. The summed E-state index contributed by atoms with van der Waals surface area (Å²) in [7, 11) is 0. The van der Waals surface area contributed by atoms with E-state index in [1.165, 1.54) is 167 Å². The Morgan fingerprint density at radius 2 is 0.603 bits per heavy atom. The van der Waals surface area contributed by atoms with Crippen LogP contribution in [0, 0.1) is 0 Å². The molecule has 0 N–H and O–H groups in total. The summed E-state index contributed by atoms with van der Waals surface area (Å²) >= 11 is 0. The van der Waals surface area contributed by atoms with Crippen LogP contribution in [0.25, 0.3) is 0 Å². The van der Waals surface area contributed by atoms with Crippen molar-refractivity contribution in [2.45, 2.75) is 290 Å². The second-order valence-corrected chi connectivity index (χ2v) is 19.2. The molecular weight excluding hydrogens is 841 g/mol. The fourth-order valence-corrected chi connectivity index (χ4v) is 8.13. The predicted molar refractivity (Wildman–Crippen MR) is 293 cm³/mol. The number of hydrogen-bond acceptors (Lipinski definition) is 6. The number of ether oxygens (including phenoxy) is 3. The van der Waals surface area contributed by atoms with Crippen molar-refractivity contribution in [1.29, 1.82) is 0 Å². The molecule has 0 aromatic carbocycles. The zero-order chi connectivity index (χ0) is 49.3. The van der Waals surface area contributed by atoms with E-state index in [0.29, 0.717) is 19.3 Å². The lowest BCUT2D eigenvalue weighted by Crippen LogP contribution is -2.30. The molecule has 0 saturated carbocycles. The van der Waals surface area contributed by atoms with Crippen molar-refractivity contribution in [3.8, 4) is 0 Å². The molecule has 0 aliphatic rings. The van der Waals surface area contributed by atoms with Gasteiger partial charge in [0.25, 0.3) is 0 Å². The smallest absolute Gasteiger partial charge is 0.306 e. The van der Waals surface area contributed by atoms with E-state index in [1.807, 2.05) is 6.08 Å². The van der Waals surface area contributed by atoms with Gasteiger partial charge < -0.3 is 14.2 Å². The molecule has 0 aliphatic heterocycles. The highest BCUT2D eigenvalue weighted by Crippen LogP contribution is 2.16. The molecule has 0 spiro atoms. The molecule has 0 aromatic rings. The van der Waals surface area contributed by atoms with Gasteiger partial charge in [0, 0.05) is 19.3 Å². The molecule has 0 amide bonds. The van der Waals surface area contributed by atoms with Crippen molar-refractivity contribution in [2.24, 2.45) is 0 Å². The van der Waals surface area contributed by atoms with Gasteiger partial charge in [-0.2, -0.15) is 0 Å². The van der Waals surface area contributed by atoms with Crippen LogP contribution in [-0.4, -0.2) is 37.2 Å². The van der Waals surface area contributed by atoms with Crippen LogP contribution >= 0.6 is 0 Å². The van der Waals surface area contributed by atoms with Gasteiger partial charge in [-0.3, -0.25) is 14.4 Å². The van der Waals surface area contributed by atoms with Gasteiger partial charge in [0.15, 0.2) is 6.10 Å². The molecule has 1 unspecified atom stereocenters. The number of hydrogen-bond donors (Lipinski definition) is 0. The summed E-state index contributed by atoms with van der Waals surface area (Å²) in [6, 6.07) is 0. The van der Waals surface area contributed by atoms with Crippen LogP contribution in [0.5, 0.6) is 0 Å². The first-order chi connectivity index (χ1) is 33.5. The highest BCUT2D eigenvalue weighted by molar-refractivity contribution is 5.71.